The topological polar surface area (TPSA) is 123 Å². The summed E-state index contributed by atoms with van der Waals surface area (Å²) in [6, 6.07) is 8.38. The van der Waals surface area contributed by atoms with Crippen LogP contribution in [0.1, 0.15) is 12.0 Å². The van der Waals surface area contributed by atoms with E-state index < -0.39 is 11.8 Å². The van der Waals surface area contributed by atoms with Crippen molar-refractivity contribution < 1.29 is 23.4 Å². The lowest BCUT2D eigenvalue weighted by atomic mass is 10.1. The largest absolute Gasteiger partial charge is 0.493 e. The van der Waals surface area contributed by atoms with Crippen LogP contribution in [-0.2, 0) is 4.74 Å². The lowest BCUT2D eigenvalue weighted by Gasteiger charge is -2.26. The molecule has 0 atom stereocenters. The maximum Gasteiger partial charge on any atom is 0.316 e. The van der Waals surface area contributed by atoms with Crippen LogP contribution >= 0.6 is 0 Å². The molecule has 10 heteroatoms. The van der Waals surface area contributed by atoms with Crippen LogP contribution in [0.15, 0.2) is 42.6 Å². The molecule has 3 aromatic rings. The number of hydrogen-bond donors (Lipinski definition) is 3. The van der Waals surface area contributed by atoms with Crippen molar-refractivity contribution in [2.45, 2.75) is 6.42 Å². The van der Waals surface area contributed by atoms with E-state index in [1.807, 2.05) is 0 Å². The lowest BCUT2D eigenvalue weighted by Crippen LogP contribution is -2.37. The van der Waals surface area contributed by atoms with Gasteiger partial charge in [-0.3, -0.25) is 9.88 Å². The number of halogens is 1. The highest BCUT2D eigenvalue weighted by Gasteiger charge is 2.13. The third kappa shape index (κ3) is 5.77. The molecule has 2 amide bonds. The van der Waals surface area contributed by atoms with E-state index in [-0.39, 0.29) is 11.4 Å². The van der Waals surface area contributed by atoms with Gasteiger partial charge in [-0.1, -0.05) is 0 Å². The predicted octanol–water partition coefficient (Wildman–Crippen LogP) is 3.76. The van der Waals surface area contributed by atoms with Crippen molar-refractivity contribution in [3.05, 3.63) is 54.0 Å². The van der Waals surface area contributed by atoms with Crippen LogP contribution in [0.4, 0.5) is 14.9 Å². The minimum absolute atomic E-state index is 0.0408. The van der Waals surface area contributed by atoms with Gasteiger partial charge in [0, 0.05) is 55.1 Å². The van der Waals surface area contributed by atoms with E-state index >= 15 is 0 Å². The van der Waals surface area contributed by atoms with Crippen LogP contribution in [0.25, 0.3) is 10.9 Å². The first-order valence-corrected chi connectivity index (χ1v) is 10.9. The minimum Gasteiger partial charge on any atom is -0.493 e. The molecule has 0 unspecified atom stereocenters. The van der Waals surface area contributed by atoms with E-state index in [1.165, 1.54) is 18.3 Å². The van der Waals surface area contributed by atoms with E-state index in [0.717, 1.165) is 45.3 Å². The number of aromatic nitrogens is 1. The predicted molar refractivity (Wildman–Crippen MR) is 127 cm³/mol. The van der Waals surface area contributed by atoms with Gasteiger partial charge in [-0.2, -0.15) is 0 Å². The fraction of sp³-hybridized carbons (Fsp3) is 0.292. The highest BCUT2D eigenvalue weighted by molar-refractivity contribution is 5.94. The number of ether oxygens (including phenoxy) is 3. The van der Waals surface area contributed by atoms with Gasteiger partial charge < -0.3 is 30.7 Å². The molecule has 0 radical (unpaired) electrons. The molecule has 1 aliphatic heterocycles. The van der Waals surface area contributed by atoms with Gasteiger partial charge in [0.1, 0.15) is 23.1 Å². The van der Waals surface area contributed by atoms with Crippen molar-refractivity contribution in [3.8, 4) is 17.2 Å². The maximum absolute atomic E-state index is 14.2. The number of urea groups is 1. The van der Waals surface area contributed by atoms with Crippen molar-refractivity contribution in [1.82, 2.24) is 9.88 Å². The number of morpholine rings is 1. The van der Waals surface area contributed by atoms with Gasteiger partial charge >= 0.3 is 6.03 Å². The molecular weight excluding hydrogens is 441 g/mol. The Hall–Kier alpha value is -3.76. The highest BCUT2D eigenvalue weighted by atomic mass is 19.1. The Labute approximate surface area is 196 Å². The van der Waals surface area contributed by atoms with Crippen LogP contribution in [0.3, 0.4) is 0 Å². The zero-order valence-corrected chi connectivity index (χ0v) is 18.6. The van der Waals surface area contributed by atoms with Crippen LogP contribution < -0.4 is 20.5 Å². The number of hydrogen-bond acceptors (Lipinski definition) is 7. The molecule has 1 saturated heterocycles. The summed E-state index contributed by atoms with van der Waals surface area (Å²) in [5.41, 5.74) is 6.21. The van der Waals surface area contributed by atoms with Gasteiger partial charge in [0.25, 0.3) is 0 Å². The second kappa shape index (κ2) is 10.9. The Bertz CT molecular complexity index is 1180. The number of nitrogens with zero attached hydrogens (tertiary/aromatic N) is 2. The van der Waals surface area contributed by atoms with Crippen molar-refractivity contribution in [2.75, 3.05) is 44.8 Å². The van der Waals surface area contributed by atoms with Gasteiger partial charge in [-0.25, -0.2) is 9.18 Å². The molecule has 0 bridgehead atoms. The average molecular weight is 468 g/mol. The van der Waals surface area contributed by atoms with Crippen molar-refractivity contribution >= 4 is 28.8 Å². The summed E-state index contributed by atoms with van der Waals surface area (Å²) in [7, 11) is 0. The summed E-state index contributed by atoms with van der Waals surface area (Å²) < 4.78 is 31.5. The molecule has 34 heavy (non-hydrogen) atoms. The zero-order chi connectivity index (χ0) is 23.9. The van der Waals surface area contributed by atoms with Gasteiger partial charge in [0.15, 0.2) is 0 Å². The van der Waals surface area contributed by atoms with Crippen LogP contribution in [0.2, 0.25) is 0 Å². The van der Waals surface area contributed by atoms with E-state index in [9.17, 15) is 9.18 Å². The molecular formula is C24H26FN5O4. The first kappa shape index (κ1) is 23.4. The van der Waals surface area contributed by atoms with Crippen molar-refractivity contribution in [2.24, 2.45) is 5.73 Å². The number of anilines is 1. The summed E-state index contributed by atoms with van der Waals surface area (Å²) in [6.07, 6.45) is 3.67. The van der Waals surface area contributed by atoms with Crippen LogP contribution in [-0.4, -0.2) is 61.6 Å². The fourth-order valence-corrected chi connectivity index (χ4v) is 3.71. The van der Waals surface area contributed by atoms with Crippen molar-refractivity contribution in [3.63, 3.8) is 0 Å². The molecule has 4 rings (SSSR count). The standard InChI is InChI=1S/C24H26FN5O4/c25-19-13-17(2-3-20(19)29-24(27)31)34-22-4-5-28-21-14-23(16(15-26)12-18(21)22)33-9-1-6-30-7-10-32-11-8-30/h2-5,12-15,26H,1,6-11H2,(H3,27,29,31). The van der Waals surface area contributed by atoms with E-state index in [2.05, 4.69) is 15.2 Å². The molecule has 1 aliphatic rings. The second-order valence-electron chi connectivity index (χ2n) is 7.75. The van der Waals surface area contributed by atoms with Crippen LogP contribution in [0.5, 0.6) is 17.2 Å². The Balaban J connectivity index is 1.48. The molecule has 178 valence electrons. The summed E-state index contributed by atoms with van der Waals surface area (Å²) in [4.78, 5) is 17.7. The van der Waals surface area contributed by atoms with E-state index in [1.54, 1.807) is 24.4 Å². The molecule has 0 spiro atoms. The molecule has 0 aliphatic carbocycles. The number of rotatable bonds is 9. The first-order valence-electron chi connectivity index (χ1n) is 10.9. The minimum atomic E-state index is -0.856. The molecule has 2 aromatic carbocycles. The second-order valence-corrected chi connectivity index (χ2v) is 7.75. The van der Waals surface area contributed by atoms with Gasteiger partial charge in [0.2, 0.25) is 0 Å². The molecule has 2 heterocycles. The summed E-state index contributed by atoms with van der Waals surface area (Å²) in [5, 5.41) is 10.7. The monoisotopic (exact) mass is 467 g/mol. The number of fused-ring (bicyclic) bond motifs is 1. The van der Waals surface area contributed by atoms with Gasteiger partial charge in [0.05, 0.1) is 31.0 Å². The molecule has 0 saturated carbocycles. The molecule has 1 aromatic heterocycles. The lowest BCUT2D eigenvalue weighted by molar-refractivity contribution is 0.0358. The number of nitrogens with one attached hydrogen (secondary N) is 2. The number of benzene rings is 2. The Morgan fingerprint density at radius 1 is 1.24 bits per heavy atom. The smallest absolute Gasteiger partial charge is 0.316 e. The maximum atomic E-state index is 14.2. The Morgan fingerprint density at radius 3 is 2.79 bits per heavy atom. The van der Waals surface area contributed by atoms with E-state index in [0.29, 0.717) is 34.6 Å². The number of nitrogens with two attached hydrogens (primary N) is 1. The van der Waals surface area contributed by atoms with Crippen molar-refractivity contribution in [1.29, 1.82) is 5.41 Å². The average Bonchev–Trinajstić information content (AvgIpc) is 2.83. The molecule has 9 nitrogen and oxygen atoms in total. The van der Waals surface area contributed by atoms with Gasteiger partial charge in [-0.15, -0.1) is 0 Å². The summed E-state index contributed by atoms with van der Waals surface area (Å²) >= 11 is 0. The highest BCUT2D eigenvalue weighted by Crippen LogP contribution is 2.33. The number of carbonyl (C=O) groups is 1. The van der Waals surface area contributed by atoms with Gasteiger partial charge in [-0.05, 0) is 30.7 Å². The molecule has 1 fully saturated rings. The number of amides is 2. The quantitative estimate of drug-likeness (QED) is 0.325. The Kier molecular flexibility index (Phi) is 7.51. The zero-order valence-electron chi connectivity index (χ0n) is 18.6. The summed E-state index contributed by atoms with van der Waals surface area (Å²) in [6.45, 7) is 4.84. The van der Waals surface area contributed by atoms with E-state index in [4.69, 9.17) is 25.4 Å². The number of pyridine rings is 1. The number of primary amides is 1. The normalized spacial score (nSPS) is 14.0. The fourth-order valence-electron chi connectivity index (χ4n) is 3.71. The summed E-state index contributed by atoms with van der Waals surface area (Å²) in [5.74, 6) is 0.575. The Morgan fingerprint density at radius 2 is 2.06 bits per heavy atom. The molecule has 4 N–H and O–H groups in total. The van der Waals surface area contributed by atoms with Crippen LogP contribution in [0, 0.1) is 11.2 Å². The number of carbonyl (C=O) groups excluding carboxylic acids is 1. The SMILES string of the molecule is N=Cc1cc2c(Oc3ccc(NC(N)=O)c(F)c3)ccnc2cc1OCCCN1CCOCC1. The third-order valence-corrected chi connectivity index (χ3v) is 5.39. The first-order chi connectivity index (χ1) is 16.5. The third-order valence-electron chi connectivity index (χ3n) is 5.39.